The average Bonchev–Trinajstić information content (AvgIpc) is 3.21. The predicted molar refractivity (Wildman–Crippen MR) is 121 cm³/mol. The fourth-order valence-electron chi connectivity index (χ4n) is 3.50. The number of nitrogens with zero attached hydrogens (tertiary/aromatic N) is 2. The van der Waals surface area contributed by atoms with E-state index in [0.717, 1.165) is 22.5 Å². The molecule has 1 heterocycles. The fraction of sp³-hybridized carbons (Fsp3) is 0.115. The van der Waals surface area contributed by atoms with Gasteiger partial charge in [0.1, 0.15) is 5.82 Å². The summed E-state index contributed by atoms with van der Waals surface area (Å²) in [6.45, 7) is 1.44. The number of anilines is 1. The van der Waals surface area contributed by atoms with Gasteiger partial charge in [0, 0.05) is 30.7 Å². The lowest BCUT2D eigenvalue weighted by Gasteiger charge is -2.24. The number of aromatic nitrogens is 1. The van der Waals surface area contributed by atoms with Crippen molar-refractivity contribution in [2.75, 3.05) is 5.32 Å². The Bertz CT molecular complexity index is 1130. The molecule has 0 aliphatic heterocycles. The van der Waals surface area contributed by atoms with Crippen LogP contribution in [0.3, 0.4) is 0 Å². The quantitative estimate of drug-likeness (QED) is 0.402. The lowest BCUT2D eigenvalue weighted by Crippen LogP contribution is -2.34. The van der Waals surface area contributed by atoms with Gasteiger partial charge in [-0.3, -0.25) is 0 Å². The molecule has 2 amide bonds. The molecule has 0 atom stereocenters. The Balaban J connectivity index is 1.54. The van der Waals surface area contributed by atoms with Gasteiger partial charge in [0.25, 0.3) is 0 Å². The maximum atomic E-state index is 13.6. The van der Waals surface area contributed by atoms with Crippen molar-refractivity contribution in [2.24, 2.45) is 0 Å². The van der Waals surface area contributed by atoms with E-state index in [1.807, 2.05) is 89.6 Å². The minimum Gasteiger partial charge on any atom is -0.345 e. The van der Waals surface area contributed by atoms with Crippen LogP contribution in [0.15, 0.2) is 103 Å². The zero-order valence-electron chi connectivity index (χ0n) is 17.1. The monoisotopic (exact) mass is 413 g/mol. The summed E-state index contributed by atoms with van der Waals surface area (Å²) in [6.07, 6.45) is 1.95. The molecule has 31 heavy (non-hydrogen) atoms. The molecule has 0 saturated carbocycles. The van der Waals surface area contributed by atoms with Gasteiger partial charge in [0.2, 0.25) is 0 Å². The minimum atomic E-state index is -0.251. The van der Waals surface area contributed by atoms with Crippen molar-refractivity contribution in [3.8, 4) is 0 Å². The molecule has 0 bridgehead atoms. The van der Waals surface area contributed by atoms with Crippen molar-refractivity contribution in [3.63, 3.8) is 0 Å². The molecule has 4 rings (SSSR count). The van der Waals surface area contributed by atoms with Crippen molar-refractivity contribution < 1.29 is 9.18 Å². The molecule has 0 spiro atoms. The lowest BCUT2D eigenvalue weighted by atomic mass is 10.2. The van der Waals surface area contributed by atoms with Crippen LogP contribution in [0.1, 0.15) is 16.8 Å². The fourth-order valence-corrected chi connectivity index (χ4v) is 3.50. The number of carbonyl (C=O) groups is 1. The third-order valence-corrected chi connectivity index (χ3v) is 5.05. The van der Waals surface area contributed by atoms with E-state index >= 15 is 0 Å². The van der Waals surface area contributed by atoms with E-state index in [1.54, 1.807) is 11.0 Å². The first-order valence-electron chi connectivity index (χ1n) is 10.2. The third kappa shape index (κ3) is 5.60. The van der Waals surface area contributed by atoms with Crippen LogP contribution in [0.5, 0.6) is 0 Å². The molecule has 0 fully saturated rings. The Hall–Kier alpha value is -3.86. The van der Waals surface area contributed by atoms with Crippen LogP contribution >= 0.6 is 0 Å². The first-order valence-corrected chi connectivity index (χ1v) is 10.2. The van der Waals surface area contributed by atoms with Crippen LogP contribution in [-0.4, -0.2) is 15.5 Å². The van der Waals surface area contributed by atoms with Crippen molar-refractivity contribution in [3.05, 3.63) is 126 Å². The van der Waals surface area contributed by atoms with E-state index < -0.39 is 0 Å². The Morgan fingerprint density at radius 1 is 0.806 bits per heavy atom. The summed E-state index contributed by atoms with van der Waals surface area (Å²) in [5.41, 5.74) is 3.65. The van der Waals surface area contributed by atoms with Crippen molar-refractivity contribution in [2.45, 2.75) is 19.6 Å². The number of hydrogen-bond acceptors (Lipinski definition) is 1. The van der Waals surface area contributed by atoms with Crippen LogP contribution in [0.25, 0.3) is 0 Å². The highest BCUT2D eigenvalue weighted by atomic mass is 19.1. The molecule has 156 valence electrons. The van der Waals surface area contributed by atoms with Gasteiger partial charge in [-0.15, -0.1) is 0 Å². The lowest BCUT2D eigenvalue weighted by molar-refractivity contribution is 0.205. The number of benzene rings is 3. The van der Waals surface area contributed by atoms with Gasteiger partial charge in [-0.05, 0) is 47.5 Å². The molecule has 0 aliphatic rings. The summed E-state index contributed by atoms with van der Waals surface area (Å²) in [6, 6.07) is 29.7. The van der Waals surface area contributed by atoms with Gasteiger partial charge >= 0.3 is 6.03 Å². The van der Waals surface area contributed by atoms with E-state index in [-0.39, 0.29) is 11.8 Å². The van der Waals surface area contributed by atoms with Gasteiger partial charge in [-0.25, -0.2) is 9.18 Å². The van der Waals surface area contributed by atoms with Crippen molar-refractivity contribution in [1.82, 2.24) is 9.47 Å². The summed E-state index contributed by atoms with van der Waals surface area (Å²) in [5, 5.41) is 2.98. The smallest absolute Gasteiger partial charge is 0.322 e. The summed E-state index contributed by atoms with van der Waals surface area (Å²) in [5.74, 6) is -0.251. The second-order valence-corrected chi connectivity index (χ2v) is 7.40. The van der Waals surface area contributed by atoms with E-state index in [1.165, 1.54) is 12.1 Å². The molecule has 4 nitrogen and oxygen atoms in total. The number of carbonyl (C=O) groups excluding carboxylic acids is 1. The molecular formula is C26H24FN3O. The Morgan fingerprint density at radius 3 is 2.26 bits per heavy atom. The summed E-state index contributed by atoms with van der Waals surface area (Å²) >= 11 is 0. The molecular weight excluding hydrogens is 389 g/mol. The number of nitrogens with one attached hydrogen (secondary N) is 1. The van der Waals surface area contributed by atoms with E-state index in [4.69, 9.17) is 0 Å². The topological polar surface area (TPSA) is 37.3 Å². The molecule has 1 aromatic heterocycles. The molecule has 0 aliphatic carbocycles. The molecule has 0 unspecified atom stereocenters. The van der Waals surface area contributed by atoms with Gasteiger partial charge in [-0.2, -0.15) is 0 Å². The summed E-state index contributed by atoms with van der Waals surface area (Å²) in [4.78, 5) is 14.9. The van der Waals surface area contributed by atoms with Crippen LogP contribution in [-0.2, 0) is 19.6 Å². The summed E-state index contributed by atoms with van der Waals surface area (Å²) in [7, 11) is 0. The highest BCUT2D eigenvalue weighted by Crippen LogP contribution is 2.16. The highest BCUT2D eigenvalue weighted by Gasteiger charge is 2.17. The third-order valence-electron chi connectivity index (χ3n) is 5.05. The minimum absolute atomic E-state index is 0.173. The van der Waals surface area contributed by atoms with E-state index in [9.17, 15) is 9.18 Å². The van der Waals surface area contributed by atoms with Gasteiger partial charge in [-0.1, -0.05) is 60.7 Å². The zero-order chi connectivity index (χ0) is 21.5. The second-order valence-electron chi connectivity index (χ2n) is 7.40. The summed E-state index contributed by atoms with van der Waals surface area (Å²) < 4.78 is 15.6. The van der Waals surface area contributed by atoms with Gasteiger partial charge in [0.15, 0.2) is 0 Å². The van der Waals surface area contributed by atoms with Crippen LogP contribution < -0.4 is 5.32 Å². The Labute approximate surface area is 181 Å². The molecule has 0 saturated heterocycles. The number of para-hydroxylation sites is 1. The number of hydrogen-bond donors (Lipinski definition) is 1. The maximum absolute atomic E-state index is 13.6. The van der Waals surface area contributed by atoms with Crippen molar-refractivity contribution in [1.29, 1.82) is 0 Å². The molecule has 0 radical (unpaired) electrons. The predicted octanol–water partition coefficient (Wildman–Crippen LogP) is 5.91. The number of rotatable bonds is 7. The zero-order valence-corrected chi connectivity index (χ0v) is 17.1. The first kappa shape index (κ1) is 20.4. The number of halogens is 1. The average molecular weight is 413 g/mol. The van der Waals surface area contributed by atoms with E-state index in [2.05, 4.69) is 5.32 Å². The first-order chi connectivity index (χ1) is 15.2. The Kier molecular flexibility index (Phi) is 6.43. The SMILES string of the molecule is O=C(Nc1ccccc1)N(Cc1ccccc1)Cc1cccn1Cc1cccc(F)c1. The number of urea groups is 1. The van der Waals surface area contributed by atoms with Gasteiger partial charge < -0.3 is 14.8 Å². The highest BCUT2D eigenvalue weighted by molar-refractivity contribution is 5.89. The second kappa shape index (κ2) is 9.76. The molecule has 1 N–H and O–H groups in total. The largest absolute Gasteiger partial charge is 0.345 e. The molecule has 4 aromatic rings. The molecule has 5 heteroatoms. The van der Waals surface area contributed by atoms with Crippen molar-refractivity contribution >= 4 is 11.7 Å². The standard InChI is InChI=1S/C26H24FN3O/c27-23-12-7-11-22(17-23)19-29-16-8-15-25(29)20-30(18-21-9-3-1-4-10-21)26(31)28-24-13-5-2-6-14-24/h1-17H,18-20H2,(H,28,31). The van der Waals surface area contributed by atoms with E-state index in [0.29, 0.717) is 19.6 Å². The molecule has 3 aromatic carbocycles. The maximum Gasteiger partial charge on any atom is 0.322 e. The normalized spacial score (nSPS) is 10.6. The Morgan fingerprint density at radius 2 is 1.52 bits per heavy atom. The van der Waals surface area contributed by atoms with Gasteiger partial charge in [0.05, 0.1) is 6.54 Å². The van der Waals surface area contributed by atoms with Crippen LogP contribution in [0, 0.1) is 5.82 Å². The number of amides is 2. The van der Waals surface area contributed by atoms with Crippen LogP contribution in [0.4, 0.5) is 14.9 Å². The van der Waals surface area contributed by atoms with Crippen LogP contribution in [0.2, 0.25) is 0 Å².